The molecule has 3 rings (SSSR count). The normalized spacial score (nSPS) is 17.7. The number of nitrogens with zero attached hydrogens (tertiary/aromatic N) is 1. The lowest BCUT2D eigenvalue weighted by atomic mass is 10.2. The van der Waals surface area contributed by atoms with Crippen LogP contribution in [-0.4, -0.2) is 47.3 Å². The van der Waals surface area contributed by atoms with Gasteiger partial charge >= 0.3 is 0 Å². The van der Waals surface area contributed by atoms with Crippen LogP contribution >= 0.6 is 0 Å². The third-order valence-corrected chi connectivity index (χ3v) is 3.86. The molecule has 0 radical (unpaired) electrons. The van der Waals surface area contributed by atoms with Gasteiger partial charge in [-0.15, -0.1) is 0 Å². The second kappa shape index (κ2) is 5.85. The standard InChI is InChI=1S/C16H22N2O2/c1-12-9-14-15(17-12)5-4-6-16(14)20-11-13(19)10-18-7-2-3-8-18/h4-6,9,13,17,19H,2-3,7-8,10-11H2,1H3/t13-/m0/s1. The molecule has 4 nitrogen and oxygen atoms in total. The van der Waals surface area contributed by atoms with Crippen LogP contribution in [0.1, 0.15) is 18.5 Å². The number of aryl methyl sites for hydroxylation is 1. The first-order chi connectivity index (χ1) is 9.72. The molecule has 108 valence electrons. The summed E-state index contributed by atoms with van der Waals surface area (Å²) in [4.78, 5) is 5.60. The van der Waals surface area contributed by atoms with Crippen molar-refractivity contribution in [3.8, 4) is 5.75 Å². The molecular weight excluding hydrogens is 252 g/mol. The van der Waals surface area contributed by atoms with Gasteiger partial charge in [-0.2, -0.15) is 0 Å². The zero-order valence-corrected chi connectivity index (χ0v) is 11.9. The zero-order valence-electron chi connectivity index (χ0n) is 11.9. The van der Waals surface area contributed by atoms with E-state index < -0.39 is 6.10 Å². The third kappa shape index (κ3) is 2.97. The Bertz CT molecular complexity index is 573. The maximum atomic E-state index is 10.1. The van der Waals surface area contributed by atoms with Gasteiger partial charge in [0.15, 0.2) is 0 Å². The molecule has 2 aromatic rings. The number of aromatic nitrogens is 1. The van der Waals surface area contributed by atoms with Gasteiger partial charge in [-0.3, -0.25) is 0 Å². The van der Waals surface area contributed by atoms with Gasteiger partial charge in [0.25, 0.3) is 0 Å². The quantitative estimate of drug-likeness (QED) is 0.879. The van der Waals surface area contributed by atoms with E-state index in [1.165, 1.54) is 12.8 Å². The van der Waals surface area contributed by atoms with E-state index in [1.807, 2.05) is 25.1 Å². The van der Waals surface area contributed by atoms with Gasteiger partial charge in [-0.1, -0.05) is 6.07 Å². The van der Waals surface area contributed by atoms with E-state index in [2.05, 4.69) is 16.0 Å². The largest absolute Gasteiger partial charge is 0.490 e. The molecule has 1 atom stereocenters. The number of benzene rings is 1. The van der Waals surface area contributed by atoms with E-state index in [4.69, 9.17) is 4.74 Å². The number of aliphatic hydroxyl groups excluding tert-OH is 1. The topological polar surface area (TPSA) is 48.5 Å². The molecule has 0 spiro atoms. The molecule has 0 bridgehead atoms. The Morgan fingerprint density at radius 3 is 2.95 bits per heavy atom. The number of ether oxygens (including phenoxy) is 1. The summed E-state index contributed by atoms with van der Waals surface area (Å²) in [6.07, 6.45) is 2.06. The van der Waals surface area contributed by atoms with Crippen molar-refractivity contribution in [1.29, 1.82) is 0 Å². The molecule has 0 saturated carbocycles. The van der Waals surface area contributed by atoms with Gasteiger partial charge in [-0.05, 0) is 51.1 Å². The number of β-amino-alcohol motifs (C(OH)–C–C–N with tert-alkyl or cyclic N) is 1. The molecule has 1 aliphatic rings. The van der Waals surface area contributed by atoms with Crippen LogP contribution < -0.4 is 4.74 Å². The number of nitrogens with one attached hydrogen (secondary N) is 1. The smallest absolute Gasteiger partial charge is 0.128 e. The average molecular weight is 274 g/mol. The average Bonchev–Trinajstić information content (AvgIpc) is 3.04. The number of fused-ring (bicyclic) bond motifs is 1. The Morgan fingerprint density at radius 1 is 1.35 bits per heavy atom. The predicted molar refractivity (Wildman–Crippen MR) is 80.2 cm³/mol. The molecule has 0 amide bonds. The Balaban J connectivity index is 1.61. The molecule has 2 heterocycles. The van der Waals surface area contributed by atoms with Crippen LogP contribution in [0.15, 0.2) is 24.3 Å². The summed E-state index contributed by atoms with van der Waals surface area (Å²) in [5.41, 5.74) is 2.20. The van der Waals surface area contributed by atoms with Crippen molar-refractivity contribution >= 4 is 10.9 Å². The van der Waals surface area contributed by atoms with Gasteiger partial charge in [-0.25, -0.2) is 0 Å². The van der Waals surface area contributed by atoms with E-state index in [-0.39, 0.29) is 0 Å². The highest BCUT2D eigenvalue weighted by Crippen LogP contribution is 2.26. The number of rotatable bonds is 5. The van der Waals surface area contributed by atoms with Gasteiger partial charge in [0.05, 0.1) is 0 Å². The fraction of sp³-hybridized carbons (Fsp3) is 0.500. The van der Waals surface area contributed by atoms with Crippen LogP contribution in [0.25, 0.3) is 10.9 Å². The van der Waals surface area contributed by atoms with Crippen LogP contribution in [-0.2, 0) is 0 Å². The molecule has 0 aliphatic carbocycles. The summed E-state index contributed by atoms with van der Waals surface area (Å²) in [5, 5.41) is 11.2. The van der Waals surface area contributed by atoms with Crippen molar-refractivity contribution in [3.63, 3.8) is 0 Å². The Labute approximate surface area is 119 Å². The van der Waals surface area contributed by atoms with Gasteiger partial charge in [0.2, 0.25) is 0 Å². The number of aromatic amines is 1. The zero-order chi connectivity index (χ0) is 13.9. The molecule has 0 unspecified atom stereocenters. The molecule has 20 heavy (non-hydrogen) atoms. The first kappa shape index (κ1) is 13.5. The summed E-state index contributed by atoms with van der Waals surface area (Å²) in [5.74, 6) is 0.840. The summed E-state index contributed by atoms with van der Waals surface area (Å²) in [7, 11) is 0. The van der Waals surface area contributed by atoms with E-state index >= 15 is 0 Å². The van der Waals surface area contributed by atoms with E-state index in [9.17, 15) is 5.11 Å². The Morgan fingerprint density at radius 2 is 2.15 bits per heavy atom. The highest BCUT2D eigenvalue weighted by atomic mass is 16.5. The highest BCUT2D eigenvalue weighted by molar-refractivity contribution is 5.86. The monoisotopic (exact) mass is 274 g/mol. The fourth-order valence-corrected chi connectivity index (χ4v) is 2.89. The lowest BCUT2D eigenvalue weighted by Crippen LogP contribution is -2.33. The lowest BCUT2D eigenvalue weighted by Gasteiger charge is -2.19. The van der Waals surface area contributed by atoms with Crippen LogP contribution in [0.2, 0.25) is 0 Å². The van der Waals surface area contributed by atoms with E-state index in [0.717, 1.165) is 35.4 Å². The molecule has 1 aromatic carbocycles. The van der Waals surface area contributed by atoms with Gasteiger partial charge in [0, 0.05) is 23.1 Å². The van der Waals surface area contributed by atoms with E-state index in [0.29, 0.717) is 13.2 Å². The van der Waals surface area contributed by atoms with Crippen LogP contribution in [0.5, 0.6) is 5.75 Å². The predicted octanol–water partition coefficient (Wildman–Crippen LogP) is 2.31. The molecule has 1 aliphatic heterocycles. The molecule has 4 heteroatoms. The van der Waals surface area contributed by atoms with Crippen molar-refractivity contribution < 1.29 is 9.84 Å². The number of H-pyrrole nitrogens is 1. The van der Waals surface area contributed by atoms with Crippen molar-refractivity contribution in [1.82, 2.24) is 9.88 Å². The first-order valence-electron chi connectivity index (χ1n) is 7.34. The maximum absolute atomic E-state index is 10.1. The number of aliphatic hydroxyl groups is 1. The molecule has 2 N–H and O–H groups in total. The summed E-state index contributed by atoms with van der Waals surface area (Å²) >= 11 is 0. The summed E-state index contributed by atoms with van der Waals surface area (Å²) in [6, 6.07) is 8.05. The molecule has 1 saturated heterocycles. The summed E-state index contributed by atoms with van der Waals surface area (Å²) in [6.45, 7) is 5.29. The molecule has 1 fully saturated rings. The molecular formula is C16H22N2O2. The fourth-order valence-electron chi connectivity index (χ4n) is 2.89. The summed E-state index contributed by atoms with van der Waals surface area (Å²) < 4.78 is 5.81. The van der Waals surface area contributed by atoms with Crippen molar-refractivity contribution in [2.24, 2.45) is 0 Å². The SMILES string of the molecule is Cc1cc2c(OC[C@@H](O)CN3CCCC3)cccc2[nH]1. The van der Waals surface area contributed by atoms with Crippen molar-refractivity contribution in [2.75, 3.05) is 26.2 Å². The van der Waals surface area contributed by atoms with Crippen molar-refractivity contribution in [3.05, 3.63) is 30.0 Å². The highest BCUT2D eigenvalue weighted by Gasteiger charge is 2.16. The first-order valence-corrected chi connectivity index (χ1v) is 7.34. The number of likely N-dealkylation sites (tertiary alicyclic amines) is 1. The van der Waals surface area contributed by atoms with Crippen LogP contribution in [0.3, 0.4) is 0 Å². The van der Waals surface area contributed by atoms with Crippen LogP contribution in [0.4, 0.5) is 0 Å². The van der Waals surface area contributed by atoms with Crippen molar-refractivity contribution in [2.45, 2.75) is 25.9 Å². The van der Waals surface area contributed by atoms with Gasteiger partial charge < -0.3 is 19.7 Å². The number of hydrogen-bond donors (Lipinski definition) is 2. The minimum atomic E-state index is -0.427. The second-order valence-corrected chi connectivity index (χ2v) is 5.64. The van der Waals surface area contributed by atoms with Crippen LogP contribution in [0, 0.1) is 6.92 Å². The minimum Gasteiger partial charge on any atom is -0.490 e. The maximum Gasteiger partial charge on any atom is 0.128 e. The lowest BCUT2D eigenvalue weighted by molar-refractivity contribution is 0.0764. The Kier molecular flexibility index (Phi) is 3.94. The van der Waals surface area contributed by atoms with E-state index in [1.54, 1.807) is 0 Å². The minimum absolute atomic E-state index is 0.347. The second-order valence-electron chi connectivity index (χ2n) is 5.64. The molecule has 1 aromatic heterocycles. The number of hydrogen-bond acceptors (Lipinski definition) is 3. The Hall–Kier alpha value is -1.52. The third-order valence-electron chi connectivity index (χ3n) is 3.86. The van der Waals surface area contributed by atoms with Gasteiger partial charge in [0.1, 0.15) is 18.5 Å².